The van der Waals surface area contributed by atoms with E-state index in [1.807, 2.05) is 0 Å². The van der Waals surface area contributed by atoms with Crippen LogP contribution in [0.2, 0.25) is 5.15 Å². The van der Waals surface area contributed by atoms with Crippen molar-refractivity contribution < 1.29 is 18.3 Å². The van der Waals surface area contributed by atoms with Crippen molar-refractivity contribution in [2.75, 3.05) is 7.11 Å². The fourth-order valence-corrected chi connectivity index (χ4v) is 1.80. The number of aromatic nitrogens is 1. The van der Waals surface area contributed by atoms with Crippen LogP contribution in [0.1, 0.15) is 11.1 Å². The van der Waals surface area contributed by atoms with Crippen molar-refractivity contribution in [1.29, 1.82) is 0 Å². The second-order valence-electron chi connectivity index (χ2n) is 3.55. The predicted molar refractivity (Wildman–Crippen MR) is 67.8 cm³/mol. The van der Waals surface area contributed by atoms with E-state index >= 15 is 0 Å². The van der Waals surface area contributed by atoms with Gasteiger partial charge in [0.1, 0.15) is 5.15 Å². The molecule has 0 aliphatic heterocycles. The summed E-state index contributed by atoms with van der Waals surface area (Å²) < 4.78 is 38.3. The van der Waals surface area contributed by atoms with Gasteiger partial charge in [0.25, 0.3) is 0 Å². The number of nitrogens with zero attached hydrogens (tertiary/aromatic N) is 1. The van der Waals surface area contributed by atoms with Crippen LogP contribution in [0.3, 0.4) is 0 Å². The molecule has 1 aromatic heterocycles. The number of halogens is 4. The summed E-state index contributed by atoms with van der Waals surface area (Å²) in [5, 5.41) is 6.85. The van der Waals surface area contributed by atoms with E-state index in [-0.39, 0.29) is 22.6 Å². The van der Waals surface area contributed by atoms with Gasteiger partial charge in [-0.25, -0.2) is 4.98 Å². The maximum Gasteiger partial charge on any atom is 0.417 e. The third-order valence-corrected chi connectivity index (χ3v) is 2.58. The maximum absolute atomic E-state index is 12.8. The monoisotopic (exact) mass is 292 g/mol. The Balaban J connectivity index is 0.000000861. The van der Waals surface area contributed by atoms with Crippen LogP contribution in [0.25, 0.3) is 10.9 Å². The zero-order valence-electron chi connectivity index (χ0n) is 10.0. The number of nitrogens with two attached hydrogens (primary N) is 1. The number of aliphatic hydroxyl groups excluding tert-OH is 1. The Labute approximate surface area is 112 Å². The fourth-order valence-electron chi connectivity index (χ4n) is 1.60. The van der Waals surface area contributed by atoms with Gasteiger partial charge in [-0.1, -0.05) is 23.7 Å². The van der Waals surface area contributed by atoms with Gasteiger partial charge in [0.2, 0.25) is 0 Å². The van der Waals surface area contributed by atoms with E-state index in [4.69, 9.17) is 22.4 Å². The molecular formula is C12H12ClF3N2O. The average Bonchev–Trinajstić information content (AvgIpc) is 2.38. The molecule has 0 bridgehead atoms. The lowest BCUT2D eigenvalue weighted by molar-refractivity contribution is -0.136. The summed E-state index contributed by atoms with van der Waals surface area (Å²) in [6.07, 6.45) is -4.45. The van der Waals surface area contributed by atoms with Crippen LogP contribution in [0, 0.1) is 0 Å². The molecule has 0 fully saturated rings. The van der Waals surface area contributed by atoms with Crippen molar-refractivity contribution in [3.8, 4) is 0 Å². The van der Waals surface area contributed by atoms with E-state index in [0.717, 1.165) is 13.2 Å². The van der Waals surface area contributed by atoms with Crippen molar-refractivity contribution in [2.45, 2.75) is 12.7 Å². The Morgan fingerprint density at radius 3 is 2.42 bits per heavy atom. The molecule has 2 aromatic rings. The first-order valence-electron chi connectivity index (χ1n) is 5.23. The number of fused-ring (bicyclic) bond motifs is 1. The third-order valence-electron chi connectivity index (χ3n) is 2.38. The highest BCUT2D eigenvalue weighted by Crippen LogP contribution is 2.35. The summed E-state index contributed by atoms with van der Waals surface area (Å²) in [7, 11) is 1.00. The van der Waals surface area contributed by atoms with Crippen molar-refractivity contribution >= 4 is 22.5 Å². The van der Waals surface area contributed by atoms with Crippen LogP contribution in [0.5, 0.6) is 0 Å². The van der Waals surface area contributed by atoms with Gasteiger partial charge in [0.15, 0.2) is 0 Å². The van der Waals surface area contributed by atoms with E-state index in [0.29, 0.717) is 5.56 Å². The SMILES string of the molecule is CO.NCc1ccc2c(C(F)(F)F)cc(Cl)nc2c1. The van der Waals surface area contributed by atoms with Crippen molar-refractivity contribution in [1.82, 2.24) is 4.98 Å². The lowest BCUT2D eigenvalue weighted by atomic mass is 10.1. The first-order valence-corrected chi connectivity index (χ1v) is 5.61. The van der Waals surface area contributed by atoms with E-state index < -0.39 is 11.7 Å². The second kappa shape index (κ2) is 6.18. The van der Waals surface area contributed by atoms with Gasteiger partial charge in [-0.2, -0.15) is 13.2 Å². The summed E-state index contributed by atoms with van der Waals surface area (Å²) in [5.41, 5.74) is 5.55. The first-order chi connectivity index (χ1) is 8.91. The topological polar surface area (TPSA) is 59.1 Å². The number of pyridine rings is 1. The Kier molecular flexibility index (Phi) is 5.11. The second-order valence-corrected chi connectivity index (χ2v) is 3.93. The Morgan fingerprint density at radius 2 is 1.89 bits per heavy atom. The molecule has 104 valence electrons. The molecule has 1 heterocycles. The average molecular weight is 293 g/mol. The van der Waals surface area contributed by atoms with Gasteiger partial charge < -0.3 is 10.8 Å². The van der Waals surface area contributed by atoms with E-state index in [2.05, 4.69) is 4.98 Å². The van der Waals surface area contributed by atoms with E-state index in [1.54, 1.807) is 6.07 Å². The van der Waals surface area contributed by atoms with Crippen molar-refractivity contribution in [2.24, 2.45) is 5.73 Å². The van der Waals surface area contributed by atoms with Gasteiger partial charge in [-0.15, -0.1) is 0 Å². The molecule has 0 amide bonds. The fraction of sp³-hybridized carbons (Fsp3) is 0.250. The molecule has 0 radical (unpaired) electrons. The maximum atomic E-state index is 12.8. The highest BCUT2D eigenvalue weighted by atomic mass is 35.5. The van der Waals surface area contributed by atoms with Crippen LogP contribution in [0.15, 0.2) is 24.3 Å². The van der Waals surface area contributed by atoms with Crippen LogP contribution in [-0.4, -0.2) is 17.2 Å². The smallest absolute Gasteiger partial charge is 0.400 e. The van der Waals surface area contributed by atoms with Gasteiger partial charge in [-0.3, -0.25) is 0 Å². The molecule has 0 aliphatic rings. The van der Waals surface area contributed by atoms with Crippen LogP contribution in [-0.2, 0) is 12.7 Å². The van der Waals surface area contributed by atoms with E-state index in [1.165, 1.54) is 12.1 Å². The minimum Gasteiger partial charge on any atom is -0.400 e. The summed E-state index contributed by atoms with van der Waals surface area (Å²) >= 11 is 5.58. The molecule has 0 aliphatic carbocycles. The number of benzene rings is 1. The minimum absolute atomic E-state index is 0.0269. The highest BCUT2D eigenvalue weighted by molar-refractivity contribution is 6.30. The molecule has 3 N–H and O–H groups in total. The van der Waals surface area contributed by atoms with Gasteiger partial charge in [0.05, 0.1) is 11.1 Å². The molecule has 0 atom stereocenters. The normalized spacial score (nSPS) is 11.1. The van der Waals surface area contributed by atoms with Crippen molar-refractivity contribution in [3.05, 3.63) is 40.5 Å². The minimum atomic E-state index is -4.45. The molecular weight excluding hydrogens is 281 g/mol. The van der Waals surface area contributed by atoms with Gasteiger partial charge in [0, 0.05) is 19.0 Å². The van der Waals surface area contributed by atoms with Crippen molar-refractivity contribution in [3.63, 3.8) is 0 Å². The molecule has 1 aromatic carbocycles. The van der Waals surface area contributed by atoms with Crippen LogP contribution >= 0.6 is 11.6 Å². The van der Waals surface area contributed by atoms with E-state index in [9.17, 15) is 13.2 Å². The molecule has 0 spiro atoms. The summed E-state index contributed by atoms with van der Waals surface area (Å²) in [6.45, 7) is 0.242. The first kappa shape index (κ1) is 15.7. The number of rotatable bonds is 1. The molecule has 2 rings (SSSR count). The zero-order chi connectivity index (χ0) is 14.6. The van der Waals surface area contributed by atoms with Gasteiger partial charge in [-0.05, 0) is 17.7 Å². The quantitative estimate of drug-likeness (QED) is 0.795. The number of aliphatic hydroxyl groups is 1. The van der Waals surface area contributed by atoms with Crippen LogP contribution in [0.4, 0.5) is 13.2 Å². The van der Waals surface area contributed by atoms with Crippen LogP contribution < -0.4 is 5.73 Å². The Morgan fingerprint density at radius 1 is 1.26 bits per heavy atom. The Hall–Kier alpha value is -1.37. The molecule has 3 nitrogen and oxygen atoms in total. The number of alkyl halides is 3. The lowest BCUT2D eigenvalue weighted by Gasteiger charge is -2.11. The summed E-state index contributed by atoms with van der Waals surface area (Å²) in [6, 6.07) is 5.25. The lowest BCUT2D eigenvalue weighted by Crippen LogP contribution is -2.07. The summed E-state index contributed by atoms with van der Waals surface area (Å²) in [5.74, 6) is 0. The molecule has 7 heteroatoms. The predicted octanol–water partition coefficient (Wildman–Crippen LogP) is 2.97. The number of hydrogen-bond donors (Lipinski definition) is 2. The standard InChI is InChI=1S/C11H8ClF3N2.CH4O/c12-10-4-8(11(13,14)15)7-2-1-6(5-16)3-9(7)17-10;1-2/h1-4H,5,16H2;2H,1H3. The largest absolute Gasteiger partial charge is 0.417 e. The molecule has 0 saturated carbocycles. The third kappa shape index (κ3) is 3.56. The highest BCUT2D eigenvalue weighted by Gasteiger charge is 2.33. The summed E-state index contributed by atoms with van der Waals surface area (Å²) in [4.78, 5) is 3.87. The number of hydrogen-bond acceptors (Lipinski definition) is 3. The molecule has 0 unspecified atom stereocenters. The zero-order valence-corrected chi connectivity index (χ0v) is 10.8. The van der Waals surface area contributed by atoms with Gasteiger partial charge >= 0.3 is 6.18 Å². The Bertz CT molecular complexity index is 573. The molecule has 0 saturated heterocycles. The molecule has 19 heavy (non-hydrogen) atoms.